The first kappa shape index (κ1) is 13.6. The van der Waals surface area contributed by atoms with E-state index in [1.54, 1.807) is 18.6 Å². The van der Waals surface area contributed by atoms with E-state index >= 15 is 0 Å². The molecule has 0 aliphatic carbocycles. The average molecular weight is 317 g/mol. The Labute approximate surface area is 132 Å². The maximum Gasteiger partial charge on any atom is 0.292 e. The third-order valence-corrected chi connectivity index (χ3v) is 4.50. The topological polar surface area (TPSA) is 60.6 Å². The second-order valence-corrected chi connectivity index (χ2v) is 5.97. The van der Waals surface area contributed by atoms with Crippen molar-refractivity contribution >= 4 is 11.7 Å². The first-order valence-corrected chi connectivity index (χ1v) is 7.97. The molecule has 0 amide bonds. The van der Waals surface area contributed by atoms with Gasteiger partial charge in [-0.05, 0) is 19.0 Å². The van der Waals surface area contributed by atoms with Crippen molar-refractivity contribution in [3.8, 4) is 23.6 Å². The molecule has 0 saturated carbocycles. The maximum absolute atomic E-state index is 5.99. The molecular formula is C15H15N3O3S. The predicted octanol–water partition coefficient (Wildman–Crippen LogP) is 1.64. The highest BCUT2D eigenvalue weighted by atomic mass is 32.1. The molecule has 22 heavy (non-hydrogen) atoms. The fourth-order valence-electron chi connectivity index (χ4n) is 2.92. The molecular weight excluding hydrogens is 302 g/mol. The van der Waals surface area contributed by atoms with Gasteiger partial charge in [0.15, 0.2) is 6.61 Å². The lowest BCUT2D eigenvalue weighted by molar-refractivity contribution is 0.131. The molecule has 3 unspecified atom stereocenters. The number of fused-ring (bicyclic) bond motifs is 2. The fourth-order valence-corrected chi connectivity index (χ4v) is 3.36. The number of hydrogen-bond acceptors (Lipinski definition) is 7. The van der Waals surface area contributed by atoms with Gasteiger partial charge in [0, 0.05) is 19.0 Å². The lowest BCUT2D eigenvalue weighted by atomic mass is 10.0. The van der Waals surface area contributed by atoms with E-state index in [9.17, 15) is 0 Å². The number of aromatic nitrogens is 2. The number of furan rings is 1. The van der Waals surface area contributed by atoms with Crippen LogP contribution < -0.4 is 9.47 Å². The van der Waals surface area contributed by atoms with E-state index in [0.717, 1.165) is 30.4 Å². The Bertz CT molecular complexity index is 688. The van der Waals surface area contributed by atoms with Crippen LogP contribution in [-0.2, 0) is 0 Å². The molecule has 7 heteroatoms. The molecule has 2 saturated heterocycles. The van der Waals surface area contributed by atoms with Gasteiger partial charge in [-0.1, -0.05) is 11.8 Å². The summed E-state index contributed by atoms with van der Waals surface area (Å²) in [6.45, 7) is 3.54. The van der Waals surface area contributed by atoms with E-state index in [4.69, 9.17) is 13.9 Å². The quantitative estimate of drug-likeness (QED) is 0.799. The third kappa shape index (κ3) is 2.80. The summed E-state index contributed by atoms with van der Waals surface area (Å²) in [6.07, 6.45) is 4.59. The molecule has 2 aromatic rings. The molecule has 6 nitrogen and oxygen atoms in total. The van der Waals surface area contributed by atoms with Crippen LogP contribution in [0.1, 0.15) is 12.0 Å². The zero-order valence-corrected chi connectivity index (χ0v) is 12.7. The molecule has 0 N–H and O–H groups in total. The zero-order chi connectivity index (χ0) is 14.8. The third-order valence-electron chi connectivity index (χ3n) is 4.00. The standard InChI is InChI=1S/C15H15N3O3S/c1(2-11-4-7-19-10-11)6-20-14-15(17-22-16-14)21-13-9-18-5-3-12(13)8-18/h4,7,10,12-13H,3,5-6,8-9H2. The van der Waals surface area contributed by atoms with Crippen LogP contribution >= 0.6 is 11.7 Å². The van der Waals surface area contributed by atoms with Crippen molar-refractivity contribution in [2.75, 3.05) is 26.2 Å². The maximum atomic E-state index is 5.99. The first-order chi connectivity index (χ1) is 10.9. The van der Waals surface area contributed by atoms with Gasteiger partial charge >= 0.3 is 0 Å². The van der Waals surface area contributed by atoms with Gasteiger partial charge < -0.3 is 13.9 Å². The summed E-state index contributed by atoms with van der Waals surface area (Å²) in [5, 5.41) is 0. The number of piperidine rings is 1. The second-order valence-electron chi connectivity index (χ2n) is 5.44. The highest BCUT2D eigenvalue weighted by molar-refractivity contribution is 6.99. The molecule has 3 atom stereocenters. The summed E-state index contributed by atoms with van der Waals surface area (Å²) in [5.41, 5.74) is 0.826. The van der Waals surface area contributed by atoms with E-state index in [1.165, 1.54) is 13.0 Å². The smallest absolute Gasteiger partial charge is 0.292 e. The summed E-state index contributed by atoms with van der Waals surface area (Å²) in [7, 11) is 0. The molecule has 2 bridgehead atoms. The number of nitrogens with zero attached hydrogens (tertiary/aromatic N) is 3. The van der Waals surface area contributed by atoms with E-state index in [1.807, 2.05) is 0 Å². The molecule has 2 aliphatic rings. The van der Waals surface area contributed by atoms with Crippen LogP contribution in [0.15, 0.2) is 23.0 Å². The Kier molecular flexibility index (Phi) is 3.70. The SMILES string of the molecule is C(#Cc1ccoc1)COc1nsnc1OC1CN2CCC1C2. The van der Waals surface area contributed by atoms with Crippen LogP contribution in [0.2, 0.25) is 0 Å². The van der Waals surface area contributed by atoms with E-state index in [-0.39, 0.29) is 12.7 Å². The van der Waals surface area contributed by atoms with Crippen LogP contribution in [0.25, 0.3) is 0 Å². The molecule has 4 rings (SSSR count). The molecule has 0 radical (unpaired) electrons. The van der Waals surface area contributed by atoms with Gasteiger partial charge in [-0.15, -0.1) is 8.75 Å². The van der Waals surface area contributed by atoms with Crippen molar-refractivity contribution in [1.82, 2.24) is 13.6 Å². The molecule has 2 fully saturated rings. The number of ether oxygens (including phenoxy) is 2. The van der Waals surface area contributed by atoms with Crippen LogP contribution in [0.5, 0.6) is 11.8 Å². The largest absolute Gasteiger partial charge is 0.471 e. The first-order valence-electron chi connectivity index (χ1n) is 7.24. The van der Waals surface area contributed by atoms with Crippen LogP contribution in [-0.4, -0.2) is 46.0 Å². The van der Waals surface area contributed by atoms with Crippen LogP contribution in [0, 0.1) is 17.8 Å². The van der Waals surface area contributed by atoms with E-state index in [0.29, 0.717) is 17.7 Å². The van der Waals surface area contributed by atoms with Gasteiger partial charge in [0.2, 0.25) is 0 Å². The Morgan fingerprint density at radius 1 is 1.36 bits per heavy atom. The molecule has 4 heterocycles. The highest BCUT2D eigenvalue weighted by Gasteiger charge is 2.40. The highest BCUT2D eigenvalue weighted by Crippen LogP contribution is 2.33. The molecule has 2 aliphatic heterocycles. The van der Waals surface area contributed by atoms with Crippen molar-refractivity contribution in [1.29, 1.82) is 0 Å². The van der Waals surface area contributed by atoms with Gasteiger partial charge in [-0.3, -0.25) is 4.90 Å². The van der Waals surface area contributed by atoms with Crippen molar-refractivity contribution in [3.05, 3.63) is 24.2 Å². The van der Waals surface area contributed by atoms with Crippen LogP contribution in [0.4, 0.5) is 0 Å². The van der Waals surface area contributed by atoms with Crippen molar-refractivity contribution in [2.24, 2.45) is 5.92 Å². The lowest BCUT2D eigenvalue weighted by Gasteiger charge is -2.22. The van der Waals surface area contributed by atoms with Crippen LogP contribution in [0.3, 0.4) is 0 Å². The van der Waals surface area contributed by atoms with Gasteiger partial charge in [0.05, 0.1) is 23.6 Å². The van der Waals surface area contributed by atoms with Gasteiger partial charge in [-0.2, -0.15) is 0 Å². The van der Waals surface area contributed by atoms with E-state index < -0.39 is 0 Å². The Hall–Kier alpha value is -2.04. The van der Waals surface area contributed by atoms with Gasteiger partial charge in [0.25, 0.3) is 11.8 Å². The fraction of sp³-hybridized carbons (Fsp3) is 0.467. The molecule has 2 aromatic heterocycles. The van der Waals surface area contributed by atoms with E-state index in [2.05, 4.69) is 25.5 Å². The molecule has 114 valence electrons. The molecule has 0 spiro atoms. The summed E-state index contributed by atoms with van der Waals surface area (Å²) >= 11 is 1.10. The molecule has 0 aromatic carbocycles. The zero-order valence-electron chi connectivity index (χ0n) is 11.9. The van der Waals surface area contributed by atoms with Gasteiger partial charge in [-0.25, -0.2) is 0 Å². The van der Waals surface area contributed by atoms with Crippen molar-refractivity contribution in [3.63, 3.8) is 0 Å². The lowest BCUT2D eigenvalue weighted by Crippen LogP contribution is -2.32. The number of rotatable bonds is 4. The predicted molar refractivity (Wildman–Crippen MR) is 80.0 cm³/mol. The minimum absolute atomic E-state index is 0.206. The average Bonchev–Trinajstić information content (AvgIpc) is 3.30. The Balaban J connectivity index is 1.34. The normalized spacial score (nSPS) is 25.7. The monoisotopic (exact) mass is 317 g/mol. The Morgan fingerprint density at radius 3 is 3.09 bits per heavy atom. The summed E-state index contributed by atoms with van der Waals surface area (Å²) in [5.74, 6) is 7.39. The van der Waals surface area contributed by atoms with Gasteiger partial charge in [0.1, 0.15) is 12.4 Å². The summed E-state index contributed by atoms with van der Waals surface area (Å²) < 4.78 is 24.8. The Morgan fingerprint density at radius 2 is 2.32 bits per heavy atom. The minimum atomic E-state index is 0.206. The number of hydrogen-bond donors (Lipinski definition) is 0. The summed E-state index contributed by atoms with van der Waals surface area (Å²) in [6, 6.07) is 1.80. The minimum Gasteiger partial charge on any atom is -0.471 e. The van der Waals surface area contributed by atoms with Crippen molar-refractivity contribution < 1.29 is 13.9 Å². The summed E-state index contributed by atoms with van der Waals surface area (Å²) in [4.78, 5) is 2.42. The second kappa shape index (κ2) is 5.99. The van der Waals surface area contributed by atoms with Crippen molar-refractivity contribution in [2.45, 2.75) is 12.5 Å².